The SMILES string of the molecule is CC(C)(C)OC(=O)CN1C(=O)CSc2nnc(COc3ccccc3F)n21. The maximum absolute atomic E-state index is 13.7. The van der Waals surface area contributed by atoms with Crippen LogP contribution in [0.15, 0.2) is 29.4 Å². The van der Waals surface area contributed by atoms with Crippen LogP contribution in [0.3, 0.4) is 0 Å². The van der Waals surface area contributed by atoms with Crippen molar-refractivity contribution in [3.8, 4) is 5.75 Å². The van der Waals surface area contributed by atoms with Gasteiger partial charge in [-0.1, -0.05) is 23.9 Å². The molecule has 1 aliphatic heterocycles. The van der Waals surface area contributed by atoms with Crippen LogP contribution in [0.25, 0.3) is 0 Å². The fourth-order valence-electron chi connectivity index (χ4n) is 2.39. The van der Waals surface area contributed by atoms with E-state index in [0.717, 1.165) is 0 Å². The molecule has 8 nitrogen and oxygen atoms in total. The van der Waals surface area contributed by atoms with Crippen LogP contribution in [0.1, 0.15) is 26.6 Å². The van der Waals surface area contributed by atoms with E-state index in [0.29, 0.717) is 5.16 Å². The largest absolute Gasteiger partial charge is 0.482 e. The van der Waals surface area contributed by atoms with Crippen LogP contribution in [-0.4, -0.2) is 44.6 Å². The molecular weight excluding hydrogens is 375 g/mol. The number of rotatable bonds is 5. The first-order valence-electron chi connectivity index (χ1n) is 8.21. The molecule has 0 aliphatic carbocycles. The highest BCUT2D eigenvalue weighted by atomic mass is 32.2. The molecule has 144 valence electrons. The molecule has 0 saturated heterocycles. The number of nitrogens with zero attached hydrogens (tertiary/aromatic N) is 4. The van der Waals surface area contributed by atoms with Gasteiger partial charge in [-0.15, -0.1) is 10.2 Å². The van der Waals surface area contributed by atoms with Crippen molar-refractivity contribution in [3.63, 3.8) is 0 Å². The fourth-order valence-corrected chi connectivity index (χ4v) is 3.22. The summed E-state index contributed by atoms with van der Waals surface area (Å²) in [6.45, 7) is 4.84. The van der Waals surface area contributed by atoms with E-state index in [-0.39, 0.29) is 36.4 Å². The van der Waals surface area contributed by atoms with E-state index in [1.165, 1.54) is 33.6 Å². The number of fused-ring (bicyclic) bond motifs is 1. The van der Waals surface area contributed by atoms with E-state index in [1.54, 1.807) is 32.9 Å². The number of hydrogen-bond donors (Lipinski definition) is 0. The Kier molecular flexibility index (Phi) is 5.36. The number of carbonyl (C=O) groups is 2. The summed E-state index contributed by atoms with van der Waals surface area (Å²) in [7, 11) is 0. The summed E-state index contributed by atoms with van der Waals surface area (Å²) >= 11 is 1.20. The van der Waals surface area contributed by atoms with E-state index in [2.05, 4.69) is 10.2 Å². The minimum absolute atomic E-state index is 0.0586. The summed E-state index contributed by atoms with van der Waals surface area (Å²) < 4.78 is 25.9. The molecule has 1 amide bonds. The molecule has 0 unspecified atom stereocenters. The van der Waals surface area contributed by atoms with Crippen LogP contribution in [0, 0.1) is 5.82 Å². The lowest BCUT2D eigenvalue weighted by Gasteiger charge is -2.29. The van der Waals surface area contributed by atoms with Crippen molar-refractivity contribution in [3.05, 3.63) is 35.9 Å². The molecule has 0 fully saturated rings. The molecule has 0 radical (unpaired) electrons. The average Bonchev–Trinajstić information content (AvgIpc) is 2.98. The van der Waals surface area contributed by atoms with E-state index in [4.69, 9.17) is 9.47 Å². The Morgan fingerprint density at radius 1 is 1.30 bits per heavy atom. The van der Waals surface area contributed by atoms with Crippen molar-refractivity contribution < 1.29 is 23.5 Å². The molecule has 0 N–H and O–H groups in total. The molecule has 1 aliphatic rings. The van der Waals surface area contributed by atoms with Gasteiger partial charge in [0.2, 0.25) is 5.16 Å². The Labute approximate surface area is 159 Å². The van der Waals surface area contributed by atoms with Crippen molar-refractivity contribution in [2.75, 3.05) is 17.3 Å². The molecule has 27 heavy (non-hydrogen) atoms. The Morgan fingerprint density at radius 2 is 2.04 bits per heavy atom. The first kappa shape index (κ1) is 19.2. The number of esters is 1. The summed E-state index contributed by atoms with van der Waals surface area (Å²) in [5, 5.41) is 9.69. The van der Waals surface area contributed by atoms with Crippen LogP contribution >= 0.6 is 11.8 Å². The van der Waals surface area contributed by atoms with Gasteiger partial charge in [-0.3, -0.25) is 9.59 Å². The molecule has 2 heterocycles. The molecule has 1 aromatic carbocycles. The molecule has 0 atom stereocenters. The summed E-state index contributed by atoms with van der Waals surface area (Å²) in [5.74, 6) is -0.879. The number of para-hydroxylation sites is 1. The first-order valence-corrected chi connectivity index (χ1v) is 9.20. The Balaban J connectivity index is 1.79. The lowest BCUT2D eigenvalue weighted by Crippen LogP contribution is -2.49. The fraction of sp³-hybridized carbons (Fsp3) is 0.412. The van der Waals surface area contributed by atoms with Crippen LogP contribution in [0.5, 0.6) is 5.75 Å². The maximum Gasteiger partial charge on any atom is 0.328 e. The van der Waals surface area contributed by atoms with Gasteiger partial charge in [-0.05, 0) is 32.9 Å². The first-order chi connectivity index (χ1) is 12.7. The van der Waals surface area contributed by atoms with Crippen LogP contribution in [0.2, 0.25) is 0 Å². The van der Waals surface area contributed by atoms with Gasteiger partial charge in [-0.2, -0.15) is 0 Å². The number of hydrogen-bond acceptors (Lipinski definition) is 7. The monoisotopic (exact) mass is 394 g/mol. The van der Waals surface area contributed by atoms with Crippen LogP contribution in [0.4, 0.5) is 4.39 Å². The van der Waals surface area contributed by atoms with Gasteiger partial charge in [-0.25, -0.2) is 14.1 Å². The third-order valence-electron chi connectivity index (χ3n) is 3.42. The Hall–Kier alpha value is -2.62. The number of carbonyl (C=O) groups excluding carboxylic acids is 2. The summed E-state index contributed by atoms with van der Waals surface area (Å²) in [5.41, 5.74) is -0.669. The highest BCUT2D eigenvalue weighted by Gasteiger charge is 2.32. The van der Waals surface area contributed by atoms with Gasteiger partial charge in [0.15, 0.2) is 17.4 Å². The van der Waals surface area contributed by atoms with E-state index < -0.39 is 17.4 Å². The maximum atomic E-state index is 13.7. The zero-order chi connectivity index (χ0) is 19.6. The van der Waals surface area contributed by atoms with Crippen molar-refractivity contribution in [1.82, 2.24) is 14.9 Å². The topological polar surface area (TPSA) is 86.6 Å². The standard InChI is InChI=1S/C17H19FN4O4S/c1-17(2,3)26-15(24)8-21-14(23)10-27-16-20-19-13(22(16)21)9-25-12-7-5-4-6-11(12)18/h4-7H,8-10H2,1-3H3. The van der Waals surface area contributed by atoms with Gasteiger partial charge in [0.1, 0.15) is 18.8 Å². The zero-order valence-electron chi connectivity index (χ0n) is 15.1. The van der Waals surface area contributed by atoms with E-state index in [1.807, 2.05) is 0 Å². The van der Waals surface area contributed by atoms with Crippen molar-refractivity contribution >= 4 is 23.6 Å². The third-order valence-corrected chi connectivity index (χ3v) is 4.33. The second kappa shape index (κ2) is 7.55. The van der Waals surface area contributed by atoms with Gasteiger partial charge in [0, 0.05) is 0 Å². The average molecular weight is 394 g/mol. The van der Waals surface area contributed by atoms with Gasteiger partial charge in [0.25, 0.3) is 5.91 Å². The molecule has 0 saturated carbocycles. The number of amides is 1. The van der Waals surface area contributed by atoms with Crippen LogP contribution < -0.4 is 9.75 Å². The summed E-state index contributed by atoms with van der Waals surface area (Å²) in [4.78, 5) is 24.5. The lowest BCUT2D eigenvalue weighted by atomic mass is 10.2. The highest BCUT2D eigenvalue weighted by molar-refractivity contribution is 7.99. The van der Waals surface area contributed by atoms with Gasteiger partial charge >= 0.3 is 5.97 Å². The Morgan fingerprint density at radius 3 is 2.74 bits per heavy atom. The molecule has 3 rings (SSSR count). The number of thioether (sulfide) groups is 1. The van der Waals surface area contributed by atoms with Crippen molar-refractivity contribution in [2.24, 2.45) is 0 Å². The Bertz CT molecular complexity index is 865. The highest BCUT2D eigenvalue weighted by Crippen LogP contribution is 2.24. The zero-order valence-corrected chi connectivity index (χ0v) is 16.0. The number of halogens is 1. The molecule has 1 aromatic heterocycles. The molecule has 2 aromatic rings. The predicted octanol–water partition coefficient (Wildman–Crippen LogP) is 1.91. The van der Waals surface area contributed by atoms with Gasteiger partial charge < -0.3 is 9.47 Å². The minimum atomic E-state index is -0.669. The normalized spacial score (nSPS) is 14.1. The number of aromatic nitrogens is 3. The van der Waals surface area contributed by atoms with Crippen molar-refractivity contribution in [2.45, 2.75) is 38.1 Å². The quantitative estimate of drug-likeness (QED) is 0.716. The summed E-state index contributed by atoms with van der Waals surface area (Å²) in [6.07, 6.45) is 0. The molecule has 0 bridgehead atoms. The van der Waals surface area contributed by atoms with Crippen LogP contribution in [-0.2, 0) is 20.9 Å². The molecular formula is C17H19FN4O4S. The number of benzene rings is 1. The van der Waals surface area contributed by atoms with E-state index >= 15 is 0 Å². The van der Waals surface area contributed by atoms with E-state index in [9.17, 15) is 14.0 Å². The van der Waals surface area contributed by atoms with Gasteiger partial charge in [0.05, 0.1) is 5.75 Å². The lowest BCUT2D eigenvalue weighted by molar-refractivity contribution is -0.154. The third kappa shape index (κ3) is 4.57. The second-order valence-corrected chi connectivity index (χ2v) is 7.70. The molecule has 0 spiro atoms. The van der Waals surface area contributed by atoms with Crippen molar-refractivity contribution in [1.29, 1.82) is 0 Å². The molecule has 10 heteroatoms. The summed E-state index contributed by atoms with van der Waals surface area (Å²) in [6, 6.07) is 5.97. The second-order valence-electron chi connectivity index (χ2n) is 6.76. The minimum Gasteiger partial charge on any atom is -0.482 e. The smallest absolute Gasteiger partial charge is 0.328 e. The number of ether oxygens (including phenoxy) is 2. The predicted molar refractivity (Wildman–Crippen MR) is 95.4 cm³/mol.